The Morgan fingerprint density at radius 3 is 2.47 bits per heavy atom. The third-order valence-corrected chi connectivity index (χ3v) is 3.30. The number of benzene rings is 1. The van der Waals surface area contributed by atoms with Crippen LogP contribution < -0.4 is 5.32 Å². The molecule has 0 aliphatic rings. The summed E-state index contributed by atoms with van der Waals surface area (Å²) in [5.41, 5.74) is 1.33. The van der Waals surface area contributed by atoms with Gasteiger partial charge in [0.1, 0.15) is 0 Å². The first-order chi connectivity index (χ1) is 9.13. The molecular formula is C16H26ClNO. The molecule has 0 fully saturated rings. The van der Waals surface area contributed by atoms with Crippen molar-refractivity contribution in [3.05, 3.63) is 34.9 Å². The first-order valence-corrected chi connectivity index (χ1v) is 7.55. The molecule has 1 aromatic rings. The van der Waals surface area contributed by atoms with Gasteiger partial charge in [-0.25, -0.2) is 0 Å². The molecule has 1 atom stereocenters. The van der Waals surface area contributed by atoms with E-state index in [4.69, 9.17) is 16.3 Å². The molecule has 108 valence electrons. The van der Waals surface area contributed by atoms with E-state index in [1.165, 1.54) is 5.56 Å². The van der Waals surface area contributed by atoms with Crippen molar-refractivity contribution in [1.82, 2.24) is 5.32 Å². The Balaban J connectivity index is 2.48. The predicted octanol–water partition coefficient (Wildman–Crippen LogP) is 4.10. The second-order valence-electron chi connectivity index (χ2n) is 5.31. The maximum atomic E-state index is 5.94. The van der Waals surface area contributed by atoms with Crippen LogP contribution in [0.25, 0.3) is 0 Å². The maximum absolute atomic E-state index is 5.94. The molecule has 0 aliphatic heterocycles. The second kappa shape index (κ2) is 9.35. The maximum Gasteiger partial charge on any atom is 0.0488 e. The Morgan fingerprint density at radius 2 is 1.89 bits per heavy atom. The van der Waals surface area contributed by atoms with Crippen LogP contribution in [0.4, 0.5) is 0 Å². The molecule has 1 aromatic carbocycles. The van der Waals surface area contributed by atoms with Crippen LogP contribution in [0.2, 0.25) is 5.02 Å². The van der Waals surface area contributed by atoms with Crippen molar-refractivity contribution in [1.29, 1.82) is 0 Å². The number of hydrogen-bond donors (Lipinski definition) is 1. The van der Waals surface area contributed by atoms with Crippen LogP contribution in [0.3, 0.4) is 0 Å². The summed E-state index contributed by atoms with van der Waals surface area (Å²) < 4.78 is 5.70. The van der Waals surface area contributed by atoms with Gasteiger partial charge in [0.15, 0.2) is 0 Å². The Kier molecular flexibility index (Phi) is 8.11. The van der Waals surface area contributed by atoms with Crippen molar-refractivity contribution in [2.75, 3.05) is 26.3 Å². The lowest BCUT2D eigenvalue weighted by Crippen LogP contribution is -2.22. The van der Waals surface area contributed by atoms with E-state index >= 15 is 0 Å². The standard InChI is InChI=1S/C16H26ClNO/c1-4-18-11-15(9-10-19-12-13(2)3)14-5-7-16(17)8-6-14/h5-8,13,15,18H,4,9-12H2,1-3H3. The number of likely N-dealkylation sites (N-methyl/N-ethyl adjacent to an activating group) is 1. The molecule has 0 amide bonds. The second-order valence-corrected chi connectivity index (χ2v) is 5.75. The summed E-state index contributed by atoms with van der Waals surface area (Å²) in [6.07, 6.45) is 1.04. The van der Waals surface area contributed by atoms with Crippen molar-refractivity contribution in [3.8, 4) is 0 Å². The van der Waals surface area contributed by atoms with Crippen LogP contribution in [0.1, 0.15) is 38.7 Å². The van der Waals surface area contributed by atoms with E-state index in [-0.39, 0.29) is 0 Å². The number of nitrogens with one attached hydrogen (secondary N) is 1. The van der Waals surface area contributed by atoms with Crippen LogP contribution in [0.15, 0.2) is 24.3 Å². The third-order valence-electron chi connectivity index (χ3n) is 3.04. The molecular weight excluding hydrogens is 258 g/mol. The van der Waals surface area contributed by atoms with E-state index in [1.54, 1.807) is 0 Å². The van der Waals surface area contributed by atoms with Gasteiger partial charge in [0.25, 0.3) is 0 Å². The zero-order valence-corrected chi connectivity index (χ0v) is 13.0. The minimum Gasteiger partial charge on any atom is -0.381 e. The molecule has 0 radical (unpaired) electrons. The lowest BCUT2D eigenvalue weighted by atomic mass is 9.96. The molecule has 3 heteroatoms. The summed E-state index contributed by atoms with van der Waals surface area (Å²) in [5, 5.41) is 4.22. The van der Waals surface area contributed by atoms with Gasteiger partial charge in [-0.3, -0.25) is 0 Å². The van der Waals surface area contributed by atoms with Crippen LogP contribution >= 0.6 is 11.6 Å². The van der Waals surface area contributed by atoms with Crippen LogP contribution in [-0.4, -0.2) is 26.3 Å². The van der Waals surface area contributed by atoms with E-state index in [0.29, 0.717) is 11.8 Å². The molecule has 19 heavy (non-hydrogen) atoms. The zero-order chi connectivity index (χ0) is 14.1. The Labute approximate surface area is 122 Å². The number of rotatable bonds is 9. The van der Waals surface area contributed by atoms with E-state index in [9.17, 15) is 0 Å². The molecule has 0 saturated carbocycles. The lowest BCUT2D eigenvalue weighted by molar-refractivity contribution is 0.103. The zero-order valence-electron chi connectivity index (χ0n) is 12.3. The van der Waals surface area contributed by atoms with Crippen molar-refractivity contribution >= 4 is 11.6 Å². The smallest absolute Gasteiger partial charge is 0.0488 e. The molecule has 1 unspecified atom stereocenters. The number of hydrogen-bond acceptors (Lipinski definition) is 2. The van der Waals surface area contributed by atoms with Crippen LogP contribution in [0.5, 0.6) is 0 Å². The fourth-order valence-electron chi connectivity index (χ4n) is 1.98. The minimum atomic E-state index is 0.490. The molecule has 0 spiro atoms. The Bertz CT molecular complexity index is 337. The van der Waals surface area contributed by atoms with Gasteiger partial charge < -0.3 is 10.1 Å². The van der Waals surface area contributed by atoms with E-state index in [1.807, 2.05) is 12.1 Å². The highest BCUT2D eigenvalue weighted by Crippen LogP contribution is 2.21. The molecule has 1 rings (SSSR count). The fraction of sp³-hybridized carbons (Fsp3) is 0.625. The molecule has 0 aromatic heterocycles. The van der Waals surface area contributed by atoms with Gasteiger partial charge >= 0.3 is 0 Å². The molecule has 0 saturated heterocycles. The van der Waals surface area contributed by atoms with Gasteiger partial charge in [-0.05, 0) is 42.5 Å². The SMILES string of the molecule is CCNCC(CCOCC(C)C)c1ccc(Cl)cc1. The summed E-state index contributed by atoms with van der Waals surface area (Å²) in [6.45, 7) is 10.1. The van der Waals surface area contributed by atoms with Gasteiger partial charge in [-0.1, -0.05) is 44.5 Å². The van der Waals surface area contributed by atoms with E-state index in [2.05, 4.69) is 38.2 Å². The molecule has 0 bridgehead atoms. The molecule has 1 N–H and O–H groups in total. The number of ether oxygens (including phenoxy) is 1. The topological polar surface area (TPSA) is 21.3 Å². The van der Waals surface area contributed by atoms with Crippen molar-refractivity contribution in [3.63, 3.8) is 0 Å². The predicted molar refractivity (Wildman–Crippen MR) is 83.0 cm³/mol. The van der Waals surface area contributed by atoms with Crippen molar-refractivity contribution < 1.29 is 4.74 Å². The summed E-state index contributed by atoms with van der Waals surface area (Å²) in [5.74, 6) is 1.09. The lowest BCUT2D eigenvalue weighted by Gasteiger charge is -2.18. The highest BCUT2D eigenvalue weighted by atomic mass is 35.5. The van der Waals surface area contributed by atoms with Gasteiger partial charge in [0.2, 0.25) is 0 Å². The van der Waals surface area contributed by atoms with Crippen LogP contribution in [0, 0.1) is 5.92 Å². The van der Waals surface area contributed by atoms with Gasteiger partial charge in [0.05, 0.1) is 0 Å². The Hall–Kier alpha value is -0.570. The van der Waals surface area contributed by atoms with Gasteiger partial charge in [-0.2, -0.15) is 0 Å². The highest BCUT2D eigenvalue weighted by Gasteiger charge is 2.11. The normalized spacial score (nSPS) is 12.9. The first kappa shape index (κ1) is 16.5. The summed E-state index contributed by atoms with van der Waals surface area (Å²) >= 11 is 5.94. The van der Waals surface area contributed by atoms with Gasteiger partial charge in [0, 0.05) is 24.8 Å². The highest BCUT2D eigenvalue weighted by molar-refractivity contribution is 6.30. The average Bonchev–Trinajstić information content (AvgIpc) is 2.39. The summed E-state index contributed by atoms with van der Waals surface area (Å²) in [4.78, 5) is 0. The van der Waals surface area contributed by atoms with E-state index in [0.717, 1.165) is 37.7 Å². The van der Waals surface area contributed by atoms with Crippen molar-refractivity contribution in [2.45, 2.75) is 33.1 Å². The molecule has 0 aliphatic carbocycles. The van der Waals surface area contributed by atoms with Crippen LogP contribution in [-0.2, 0) is 4.74 Å². The largest absolute Gasteiger partial charge is 0.381 e. The van der Waals surface area contributed by atoms with Gasteiger partial charge in [-0.15, -0.1) is 0 Å². The summed E-state index contributed by atoms with van der Waals surface area (Å²) in [7, 11) is 0. The third kappa shape index (κ3) is 6.95. The Morgan fingerprint density at radius 1 is 1.21 bits per heavy atom. The molecule has 0 heterocycles. The summed E-state index contributed by atoms with van der Waals surface area (Å²) in [6, 6.07) is 8.16. The van der Waals surface area contributed by atoms with E-state index < -0.39 is 0 Å². The quantitative estimate of drug-likeness (QED) is 0.689. The fourth-order valence-corrected chi connectivity index (χ4v) is 2.11. The number of halogens is 1. The van der Waals surface area contributed by atoms with Crippen molar-refractivity contribution in [2.24, 2.45) is 5.92 Å². The average molecular weight is 284 g/mol. The minimum absolute atomic E-state index is 0.490. The monoisotopic (exact) mass is 283 g/mol. The first-order valence-electron chi connectivity index (χ1n) is 7.17. The molecule has 2 nitrogen and oxygen atoms in total.